The molecule has 8 nitrogen and oxygen atoms in total. The molecule has 2 aromatic carbocycles. The summed E-state index contributed by atoms with van der Waals surface area (Å²) in [5, 5.41) is 10.9. The number of amides is 3. The number of hydrogen-bond acceptors (Lipinski definition) is 5. The number of non-ortho nitro benzene ring substituents is 1. The maximum atomic E-state index is 13.2. The summed E-state index contributed by atoms with van der Waals surface area (Å²) < 4.78 is 0. The van der Waals surface area contributed by atoms with Crippen molar-refractivity contribution in [1.29, 1.82) is 0 Å². The van der Waals surface area contributed by atoms with E-state index in [4.69, 9.17) is 0 Å². The molecule has 1 aliphatic rings. The van der Waals surface area contributed by atoms with E-state index in [2.05, 4.69) is 0 Å². The van der Waals surface area contributed by atoms with Crippen molar-refractivity contribution < 1.29 is 19.3 Å². The number of carbonyl (C=O) groups excluding carboxylic acids is 3. The number of nitro groups is 1. The van der Waals surface area contributed by atoms with Gasteiger partial charge in [-0.1, -0.05) is 24.6 Å². The quantitative estimate of drug-likeness (QED) is 0.413. The van der Waals surface area contributed by atoms with Crippen molar-refractivity contribution in [3.05, 3.63) is 69.8 Å². The molecule has 2 aromatic rings. The fourth-order valence-corrected chi connectivity index (χ4v) is 3.52. The first-order valence-electron chi connectivity index (χ1n) is 9.75. The molecule has 156 valence electrons. The van der Waals surface area contributed by atoms with Crippen LogP contribution in [0.3, 0.4) is 0 Å². The van der Waals surface area contributed by atoms with Gasteiger partial charge in [0, 0.05) is 23.7 Å². The molecule has 1 aliphatic heterocycles. The van der Waals surface area contributed by atoms with Crippen molar-refractivity contribution in [1.82, 2.24) is 4.90 Å². The number of nitrogens with zero attached hydrogens (tertiary/aromatic N) is 3. The van der Waals surface area contributed by atoms with Gasteiger partial charge in [0.25, 0.3) is 17.5 Å². The lowest BCUT2D eigenvalue weighted by Gasteiger charge is -2.33. The van der Waals surface area contributed by atoms with E-state index >= 15 is 0 Å². The van der Waals surface area contributed by atoms with Crippen LogP contribution in [0.4, 0.5) is 11.4 Å². The van der Waals surface area contributed by atoms with Gasteiger partial charge in [0.1, 0.15) is 6.04 Å². The van der Waals surface area contributed by atoms with Crippen molar-refractivity contribution in [3.63, 3.8) is 0 Å². The van der Waals surface area contributed by atoms with Crippen molar-refractivity contribution in [2.45, 2.75) is 45.7 Å². The SMILES string of the molecule is CCC(C)N(C(=O)c1ccc([N+](=O)[O-])cc1)C1CC(=O)N(c2ccc(C)cc2)C1=O. The first kappa shape index (κ1) is 21.2. The third-order valence-corrected chi connectivity index (χ3v) is 5.38. The molecule has 0 spiro atoms. The van der Waals surface area contributed by atoms with Crippen LogP contribution in [0.1, 0.15) is 42.6 Å². The molecule has 3 rings (SSSR count). The van der Waals surface area contributed by atoms with Gasteiger partial charge in [-0.2, -0.15) is 0 Å². The van der Waals surface area contributed by atoms with Gasteiger partial charge in [0.15, 0.2) is 0 Å². The topological polar surface area (TPSA) is 101 Å². The van der Waals surface area contributed by atoms with E-state index in [1.807, 2.05) is 32.9 Å². The lowest BCUT2D eigenvalue weighted by molar-refractivity contribution is -0.384. The summed E-state index contributed by atoms with van der Waals surface area (Å²) >= 11 is 0. The maximum Gasteiger partial charge on any atom is 0.269 e. The van der Waals surface area contributed by atoms with E-state index in [1.54, 1.807) is 12.1 Å². The second-order valence-corrected chi connectivity index (χ2v) is 7.40. The smallest absolute Gasteiger partial charge is 0.269 e. The lowest BCUT2D eigenvalue weighted by atomic mass is 10.1. The normalized spacial score (nSPS) is 17.2. The van der Waals surface area contributed by atoms with E-state index in [0.717, 1.165) is 10.5 Å². The van der Waals surface area contributed by atoms with Gasteiger partial charge in [0.05, 0.1) is 17.0 Å². The van der Waals surface area contributed by atoms with Crippen molar-refractivity contribution in [2.24, 2.45) is 0 Å². The summed E-state index contributed by atoms with van der Waals surface area (Å²) in [7, 11) is 0. The Balaban J connectivity index is 1.92. The molecule has 0 aromatic heterocycles. The summed E-state index contributed by atoms with van der Waals surface area (Å²) in [6, 6.07) is 11.1. The van der Waals surface area contributed by atoms with Gasteiger partial charge in [0.2, 0.25) is 5.91 Å². The number of carbonyl (C=O) groups is 3. The van der Waals surface area contributed by atoms with Crippen LogP contribution in [-0.2, 0) is 9.59 Å². The predicted octanol–water partition coefficient (Wildman–Crippen LogP) is 3.48. The molecule has 0 radical (unpaired) electrons. The lowest BCUT2D eigenvalue weighted by Crippen LogP contribution is -2.49. The number of nitro benzene ring substituents is 1. The van der Waals surface area contributed by atoms with Gasteiger partial charge in [-0.15, -0.1) is 0 Å². The Morgan fingerprint density at radius 2 is 1.77 bits per heavy atom. The van der Waals surface area contributed by atoms with Crippen molar-refractivity contribution >= 4 is 29.1 Å². The zero-order chi connectivity index (χ0) is 22.0. The average molecular weight is 409 g/mol. The summed E-state index contributed by atoms with van der Waals surface area (Å²) in [5.41, 5.74) is 1.59. The van der Waals surface area contributed by atoms with Gasteiger partial charge < -0.3 is 4.90 Å². The minimum absolute atomic E-state index is 0.101. The fraction of sp³-hybridized carbons (Fsp3) is 0.318. The molecule has 1 heterocycles. The molecule has 2 unspecified atom stereocenters. The van der Waals surface area contributed by atoms with Gasteiger partial charge in [-0.3, -0.25) is 24.5 Å². The van der Waals surface area contributed by atoms with Gasteiger partial charge >= 0.3 is 0 Å². The number of anilines is 1. The number of benzene rings is 2. The van der Waals surface area contributed by atoms with Crippen molar-refractivity contribution in [3.8, 4) is 0 Å². The second-order valence-electron chi connectivity index (χ2n) is 7.40. The highest BCUT2D eigenvalue weighted by Crippen LogP contribution is 2.29. The first-order valence-corrected chi connectivity index (χ1v) is 9.75. The molecule has 0 bridgehead atoms. The average Bonchev–Trinajstić information content (AvgIpc) is 3.02. The zero-order valence-corrected chi connectivity index (χ0v) is 17.1. The molecule has 3 amide bonds. The number of aryl methyl sites for hydroxylation is 1. The van der Waals surface area contributed by atoms with Crippen LogP contribution in [-0.4, -0.2) is 39.6 Å². The Hall–Kier alpha value is -3.55. The summed E-state index contributed by atoms with van der Waals surface area (Å²) in [5.74, 6) is -1.24. The molecule has 1 saturated heterocycles. The van der Waals surface area contributed by atoms with Crippen LogP contribution in [0.5, 0.6) is 0 Å². The van der Waals surface area contributed by atoms with E-state index in [1.165, 1.54) is 29.2 Å². The Bertz CT molecular complexity index is 985. The van der Waals surface area contributed by atoms with Crippen LogP contribution in [0.15, 0.2) is 48.5 Å². The monoisotopic (exact) mass is 409 g/mol. The molecule has 0 N–H and O–H groups in total. The predicted molar refractivity (Wildman–Crippen MR) is 111 cm³/mol. The van der Waals surface area contributed by atoms with E-state index < -0.39 is 22.8 Å². The Labute approximate surface area is 174 Å². The summed E-state index contributed by atoms with van der Waals surface area (Å²) in [6.07, 6.45) is 0.483. The minimum atomic E-state index is -0.920. The number of hydrogen-bond donors (Lipinski definition) is 0. The highest BCUT2D eigenvalue weighted by molar-refractivity contribution is 6.23. The maximum absolute atomic E-state index is 13.2. The summed E-state index contributed by atoms with van der Waals surface area (Å²) in [4.78, 5) is 51.9. The number of imide groups is 1. The van der Waals surface area contributed by atoms with Crippen LogP contribution in [0, 0.1) is 17.0 Å². The van der Waals surface area contributed by atoms with E-state index in [-0.39, 0.29) is 29.6 Å². The van der Waals surface area contributed by atoms with Crippen LogP contribution < -0.4 is 4.90 Å². The molecular formula is C22H23N3O5. The van der Waals surface area contributed by atoms with E-state index in [0.29, 0.717) is 12.1 Å². The highest BCUT2D eigenvalue weighted by atomic mass is 16.6. The Kier molecular flexibility index (Phi) is 5.96. The standard InChI is InChI=1S/C22H23N3O5/c1-4-15(3)23(21(27)16-7-11-18(12-8-16)25(29)30)19-13-20(26)24(22(19)28)17-9-5-14(2)6-10-17/h5-12,15,19H,4,13H2,1-3H3. The third kappa shape index (κ3) is 3.94. The highest BCUT2D eigenvalue weighted by Gasteiger charge is 2.45. The van der Waals surface area contributed by atoms with Gasteiger partial charge in [-0.05, 0) is 44.5 Å². The van der Waals surface area contributed by atoms with Crippen LogP contribution in [0.2, 0.25) is 0 Å². The number of rotatable bonds is 6. The molecule has 30 heavy (non-hydrogen) atoms. The minimum Gasteiger partial charge on any atom is -0.323 e. The fourth-order valence-electron chi connectivity index (χ4n) is 3.52. The molecule has 0 saturated carbocycles. The van der Waals surface area contributed by atoms with Crippen molar-refractivity contribution in [2.75, 3.05) is 4.90 Å². The van der Waals surface area contributed by atoms with Gasteiger partial charge in [-0.25, -0.2) is 4.90 Å². The Morgan fingerprint density at radius 1 is 1.17 bits per heavy atom. The first-order chi connectivity index (χ1) is 14.2. The Morgan fingerprint density at radius 3 is 2.30 bits per heavy atom. The molecular weight excluding hydrogens is 386 g/mol. The molecule has 8 heteroatoms. The van der Waals surface area contributed by atoms with Crippen LogP contribution in [0.25, 0.3) is 0 Å². The van der Waals surface area contributed by atoms with E-state index in [9.17, 15) is 24.5 Å². The molecule has 1 fully saturated rings. The summed E-state index contributed by atoms with van der Waals surface area (Å²) in [6.45, 7) is 5.61. The largest absolute Gasteiger partial charge is 0.323 e. The van der Waals surface area contributed by atoms with Crippen LogP contribution >= 0.6 is 0 Å². The molecule has 0 aliphatic carbocycles. The molecule has 2 atom stereocenters. The third-order valence-electron chi connectivity index (χ3n) is 5.38. The zero-order valence-electron chi connectivity index (χ0n) is 17.1. The second kappa shape index (κ2) is 8.44.